The molecule has 0 saturated carbocycles. The summed E-state index contributed by atoms with van der Waals surface area (Å²) in [5.74, 6) is -2.37. The van der Waals surface area contributed by atoms with Gasteiger partial charge in [-0.25, -0.2) is 0 Å². The van der Waals surface area contributed by atoms with Gasteiger partial charge in [0.2, 0.25) is 11.8 Å². The molecule has 0 saturated heterocycles. The van der Waals surface area contributed by atoms with Gasteiger partial charge in [-0.15, -0.1) is 0 Å². The van der Waals surface area contributed by atoms with Crippen LogP contribution in [-0.2, 0) is 28.5 Å². The second kappa shape index (κ2) is 9.02. The molecule has 2 aromatic carbocycles. The number of nitro benzene ring substituents is 1. The summed E-state index contributed by atoms with van der Waals surface area (Å²) < 4.78 is 79.0. The Labute approximate surface area is 180 Å². The molecule has 14 heteroatoms. The molecule has 0 atom stereocenters. The van der Waals surface area contributed by atoms with Crippen LogP contribution in [0, 0.1) is 10.1 Å². The van der Waals surface area contributed by atoms with Crippen molar-refractivity contribution in [2.24, 2.45) is 5.73 Å². The lowest BCUT2D eigenvalue weighted by Crippen LogP contribution is -2.34. The Kier molecular flexibility index (Phi) is 7.03. The Morgan fingerprint density at radius 3 is 2.09 bits per heavy atom. The number of benzene rings is 2. The SMILES string of the molecule is NC(=O)CC(=O)N(Cc1cc(Cl)ccc1[N+](=O)[O-])c1ccc(C(F)(F)F)c(C(F)(F)F)c1. The van der Waals surface area contributed by atoms with Crippen LogP contribution >= 0.6 is 11.6 Å². The number of carbonyl (C=O) groups excluding carboxylic acids is 2. The average molecular weight is 484 g/mol. The van der Waals surface area contributed by atoms with Crippen LogP contribution in [0.1, 0.15) is 23.1 Å². The molecule has 2 aromatic rings. The molecule has 172 valence electrons. The van der Waals surface area contributed by atoms with Crippen LogP contribution in [0.15, 0.2) is 36.4 Å². The van der Waals surface area contributed by atoms with E-state index in [0.29, 0.717) is 11.0 Å². The monoisotopic (exact) mass is 483 g/mol. The number of amides is 2. The number of halogens is 7. The number of nitrogens with two attached hydrogens (primary N) is 1. The Morgan fingerprint density at radius 2 is 1.59 bits per heavy atom. The third-order valence-corrected chi connectivity index (χ3v) is 4.35. The second-order valence-corrected chi connectivity index (χ2v) is 6.81. The molecule has 0 spiro atoms. The van der Waals surface area contributed by atoms with Gasteiger partial charge in [-0.1, -0.05) is 11.6 Å². The van der Waals surface area contributed by atoms with Crippen LogP contribution < -0.4 is 10.6 Å². The minimum atomic E-state index is -5.44. The first-order chi connectivity index (χ1) is 14.6. The normalized spacial score (nSPS) is 11.8. The topological polar surface area (TPSA) is 107 Å². The van der Waals surface area contributed by atoms with E-state index in [2.05, 4.69) is 0 Å². The zero-order valence-electron chi connectivity index (χ0n) is 15.6. The lowest BCUT2D eigenvalue weighted by molar-refractivity contribution is -0.385. The van der Waals surface area contributed by atoms with Crippen LogP contribution in [0.2, 0.25) is 5.02 Å². The lowest BCUT2D eigenvalue weighted by Gasteiger charge is -2.25. The molecule has 2 amide bonds. The molecule has 0 aliphatic heterocycles. The van der Waals surface area contributed by atoms with Gasteiger partial charge in [-0.2, -0.15) is 26.3 Å². The van der Waals surface area contributed by atoms with E-state index in [1.807, 2.05) is 0 Å². The summed E-state index contributed by atoms with van der Waals surface area (Å²) in [7, 11) is 0. The number of hydrogen-bond acceptors (Lipinski definition) is 4. The minimum absolute atomic E-state index is 0.0173. The number of alkyl halides is 6. The first kappa shape index (κ1) is 24.9. The first-order valence-electron chi connectivity index (χ1n) is 8.41. The molecule has 0 bridgehead atoms. The molecular formula is C18H12ClF6N3O4. The van der Waals surface area contributed by atoms with Crippen molar-refractivity contribution in [2.45, 2.75) is 25.3 Å². The number of carbonyl (C=O) groups is 2. The Morgan fingerprint density at radius 1 is 1.00 bits per heavy atom. The fraction of sp³-hybridized carbons (Fsp3) is 0.222. The van der Waals surface area contributed by atoms with Crippen molar-refractivity contribution in [3.05, 3.63) is 68.2 Å². The van der Waals surface area contributed by atoms with Crippen molar-refractivity contribution >= 4 is 34.8 Å². The number of primary amides is 1. The van der Waals surface area contributed by atoms with Crippen LogP contribution in [0.25, 0.3) is 0 Å². The van der Waals surface area contributed by atoms with Crippen LogP contribution in [0.3, 0.4) is 0 Å². The van der Waals surface area contributed by atoms with Crippen LogP contribution in [0.4, 0.5) is 37.7 Å². The number of rotatable bonds is 6. The summed E-state index contributed by atoms with van der Waals surface area (Å²) in [5.41, 5.74) is -0.630. The molecule has 0 unspecified atom stereocenters. The van der Waals surface area contributed by atoms with E-state index in [1.54, 1.807) is 0 Å². The summed E-state index contributed by atoms with van der Waals surface area (Å²) in [6, 6.07) is 3.94. The van der Waals surface area contributed by atoms with Crippen LogP contribution in [0.5, 0.6) is 0 Å². The molecule has 0 aromatic heterocycles. The second-order valence-electron chi connectivity index (χ2n) is 6.38. The number of hydrogen-bond donors (Lipinski definition) is 1. The van der Waals surface area contributed by atoms with E-state index in [9.17, 15) is 46.0 Å². The summed E-state index contributed by atoms with van der Waals surface area (Å²) in [6.45, 7) is -0.772. The third kappa shape index (κ3) is 5.87. The van der Waals surface area contributed by atoms with Gasteiger partial charge in [0, 0.05) is 16.8 Å². The molecule has 0 heterocycles. The van der Waals surface area contributed by atoms with E-state index in [4.69, 9.17) is 17.3 Å². The molecule has 0 radical (unpaired) electrons. The van der Waals surface area contributed by atoms with Gasteiger partial charge in [0.1, 0.15) is 6.42 Å². The van der Waals surface area contributed by atoms with E-state index >= 15 is 0 Å². The standard InChI is InChI=1S/C18H12ClF6N3O4/c19-10-1-4-14(28(31)32)9(5-10)8-27(16(30)7-15(26)29)11-2-3-12(17(20,21)22)13(6-11)18(23,24)25/h1-6H,7-8H2,(H2,26,29). The summed E-state index contributed by atoms with van der Waals surface area (Å²) >= 11 is 5.80. The largest absolute Gasteiger partial charge is 0.417 e. The predicted molar refractivity (Wildman–Crippen MR) is 99.6 cm³/mol. The summed E-state index contributed by atoms with van der Waals surface area (Å²) in [5, 5.41) is 11.2. The number of nitrogens with zero attached hydrogens (tertiary/aromatic N) is 2. The molecule has 2 N–H and O–H groups in total. The Balaban J connectivity index is 2.68. The van der Waals surface area contributed by atoms with Gasteiger partial charge in [-0.05, 0) is 30.3 Å². The average Bonchev–Trinajstić information content (AvgIpc) is 2.63. The lowest BCUT2D eigenvalue weighted by atomic mass is 10.0. The van der Waals surface area contributed by atoms with Crippen molar-refractivity contribution in [3.8, 4) is 0 Å². The third-order valence-electron chi connectivity index (χ3n) is 4.12. The summed E-state index contributed by atoms with van der Waals surface area (Å²) in [6.07, 6.45) is -11.8. The minimum Gasteiger partial charge on any atom is -0.369 e. The zero-order valence-corrected chi connectivity index (χ0v) is 16.4. The van der Waals surface area contributed by atoms with Gasteiger partial charge in [0.05, 0.1) is 28.2 Å². The van der Waals surface area contributed by atoms with E-state index in [1.165, 1.54) is 0 Å². The highest BCUT2D eigenvalue weighted by Crippen LogP contribution is 2.42. The molecule has 0 aliphatic rings. The Hall–Kier alpha value is -3.35. The fourth-order valence-electron chi connectivity index (χ4n) is 2.78. The van der Waals surface area contributed by atoms with Crippen molar-refractivity contribution in [1.29, 1.82) is 0 Å². The maximum absolute atomic E-state index is 13.3. The maximum atomic E-state index is 13.3. The first-order valence-corrected chi connectivity index (χ1v) is 8.79. The molecule has 0 fully saturated rings. The van der Waals surface area contributed by atoms with E-state index in [0.717, 1.165) is 18.2 Å². The highest BCUT2D eigenvalue weighted by atomic mass is 35.5. The predicted octanol–water partition coefficient (Wildman–Crippen LogP) is 4.69. The quantitative estimate of drug-likeness (QED) is 0.278. The number of nitro groups is 1. The molecular weight excluding hydrogens is 472 g/mol. The maximum Gasteiger partial charge on any atom is 0.417 e. The highest BCUT2D eigenvalue weighted by Gasteiger charge is 2.43. The summed E-state index contributed by atoms with van der Waals surface area (Å²) in [4.78, 5) is 34.5. The van der Waals surface area contributed by atoms with Gasteiger partial charge in [0.25, 0.3) is 5.69 Å². The van der Waals surface area contributed by atoms with Crippen molar-refractivity contribution in [2.75, 3.05) is 4.90 Å². The fourth-order valence-corrected chi connectivity index (χ4v) is 2.97. The van der Waals surface area contributed by atoms with Crippen molar-refractivity contribution in [3.63, 3.8) is 0 Å². The van der Waals surface area contributed by atoms with E-state index < -0.39 is 64.6 Å². The van der Waals surface area contributed by atoms with Crippen LogP contribution in [-0.4, -0.2) is 16.7 Å². The highest BCUT2D eigenvalue weighted by molar-refractivity contribution is 6.30. The number of anilines is 1. The molecule has 7 nitrogen and oxygen atoms in total. The van der Waals surface area contributed by atoms with Gasteiger partial charge in [0.15, 0.2) is 0 Å². The van der Waals surface area contributed by atoms with Gasteiger partial charge < -0.3 is 10.6 Å². The van der Waals surface area contributed by atoms with Gasteiger partial charge >= 0.3 is 12.4 Å². The zero-order chi connectivity index (χ0) is 24.4. The molecule has 2 rings (SSSR count). The Bertz CT molecular complexity index is 1070. The van der Waals surface area contributed by atoms with Crippen molar-refractivity contribution in [1.82, 2.24) is 0 Å². The molecule has 0 aliphatic carbocycles. The van der Waals surface area contributed by atoms with Crippen molar-refractivity contribution < 1.29 is 40.9 Å². The van der Waals surface area contributed by atoms with E-state index in [-0.39, 0.29) is 22.7 Å². The molecule has 32 heavy (non-hydrogen) atoms. The van der Waals surface area contributed by atoms with Gasteiger partial charge in [-0.3, -0.25) is 19.7 Å². The smallest absolute Gasteiger partial charge is 0.369 e.